The van der Waals surface area contributed by atoms with Crippen LogP contribution in [0.4, 0.5) is 0 Å². The zero-order valence-electron chi connectivity index (χ0n) is 17.7. The van der Waals surface area contributed by atoms with E-state index in [2.05, 4.69) is 29.1 Å². The van der Waals surface area contributed by atoms with Crippen LogP contribution in [0.25, 0.3) is 11.2 Å². The number of hydrogen-bond donors (Lipinski definition) is 1. The number of carboxylic acid groups (broad SMARTS) is 1. The lowest BCUT2D eigenvalue weighted by molar-refractivity contribution is -0.132. The molecule has 0 aromatic carbocycles. The Hall–Kier alpha value is -3.21. The average molecular weight is 404 g/mol. The minimum Gasteiger partial charge on any atom is -0.478 e. The number of rotatable bonds is 10. The highest BCUT2D eigenvalue weighted by Crippen LogP contribution is 2.40. The molecule has 0 bridgehead atoms. The Bertz CT molecular complexity index is 1050. The predicted octanol–water partition coefficient (Wildman–Crippen LogP) is 5.65. The fraction of sp³-hybridized carbons (Fsp3) is 0.320. The Balaban J connectivity index is 1.74. The number of fused-ring (bicyclic) bond motifs is 1. The van der Waals surface area contributed by atoms with Crippen molar-refractivity contribution in [1.82, 2.24) is 14.5 Å². The molecule has 30 heavy (non-hydrogen) atoms. The molecule has 2 aromatic heterocycles. The van der Waals surface area contributed by atoms with E-state index in [4.69, 9.17) is 4.98 Å². The van der Waals surface area contributed by atoms with Crippen molar-refractivity contribution >= 4 is 17.1 Å². The molecule has 2 aromatic rings. The van der Waals surface area contributed by atoms with Crippen molar-refractivity contribution < 1.29 is 9.90 Å². The van der Waals surface area contributed by atoms with Crippen molar-refractivity contribution in [3.8, 4) is 0 Å². The molecule has 2 heterocycles. The Morgan fingerprint density at radius 1 is 1.37 bits per heavy atom. The normalized spacial score (nSPS) is 15.5. The Morgan fingerprint density at radius 3 is 2.83 bits per heavy atom. The van der Waals surface area contributed by atoms with Crippen LogP contribution in [0.3, 0.4) is 0 Å². The second kappa shape index (κ2) is 10.0. The summed E-state index contributed by atoms with van der Waals surface area (Å²) in [5, 5.41) is 9.43. The number of nitrogens with zero attached hydrogens (tertiary/aromatic N) is 3. The molecule has 1 fully saturated rings. The summed E-state index contributed by atoms with van der Waals surface area (Å²) in [4.78, 5) is 20.9. The van der Waals surface area contributed by atoms with Crippen LogP contribution in [0, 0.1) is 6.92 Å². The summed E-state index contributed by atoms with van der Waals surface area (Å²) >= 11 is 0. The zero-order valence-corrected chi connectivity index (χ0v) is 17.7. The van der Waals surface area contributed by atoms with Crippen LogP contribution < -0.4 is 0 Å². The summed E-state index contributed by atoms with van der Waals surface area (Å²) < 4.78 is 2.25. The summed E-state index contributed by atoms with van der Waals surface area (Å²) in [5.41, 5.74) is 4.36. The number of aromatic nitrogens is 3. The van der Waals surface area contributed by atoms with Gasteiger partial charge in [0.05, 0.1) is 0 Å². The minimum atomic E-state index is -0.906. The van der Waals surface area contributed by atoms with Crippen LogP contribution in [-0.4, -0.2) is 25.6 Å². The van der Waals surface area contributed by atoms with E-state index in [-0.39, 0.29) is 0 Å². The third-order valence-electron chi connectivity index (χ3n) is 5.15. The van der Waals surface area contributed by atoms with Crippen LogP contribution in [0.15, 0.2) is 72.5 Å². The predicted molar refractivity (Wildman–Crippen MR) is 121 cm³/mol. The van der Waals surface area contributed by atoms with Crippen LogP contribution in [-0.2, 0) is 11.3 Å². The summed E-state index contributed by atoms with van der Waals surface area (Å²) in [7, 11) is 0. The molecule has 5 nitrogen and oxygen atoms in total. The summed E-state index contributed by atoms with van der Waals surface area (Å²) in [6.45, 7) is 8.49. The summed E-state index contributed by atoms with van der Waals surface area (Å²) in [6.07, 6.45) is 18.2. The Labute approximate surface area is 177 Å². The van der Waals surface area contributed by atoms with Gasteiger partial charge >= 0.3 is 5.97 Å². The third kappa shape index (κ3) is 5.23. The fourth-order valence-electron chi connectivity index (χ4n) is 3.43. The van der Waals surface area contributed by atoms with Crippen molar-refractivity contribution in [2.75, 3.05) is 0 Å². The molecule has 1 aliphatic carbocycles. The second-order valence-corrected chi connectivity index (χ2v) is 7.56. The maximum Gasteiger partial charge on any atom is 0.331 e. The second-order valence-electron chi connectivity index (χ2n) is 7.56. The highest BCUT2D eigenvalue weighted by molar-refractivity contribution is 5.87. The number of pyridine rings is 1. The van der Waals surface area contributed by atoms with Crippen LogP contribution in [0.1, 0.15) is 49.9 Å². The zero-order chi connectivity index (χ0) is 21.5. The molecule has 0 spiro atoms. The lowest BCUT2D eigenvalue weighted by atomic mass is 10.0. The maximum atomic E-state index is 11.5. The maximum absolute atomic E-state index is 11.5. The van der Waals surface area contributed by atoms with Gasteiger partial charge in [0.2, 0.25) is 0 Å². The molecule has 156 valence electrons. The van der Waals surface area contributed by atoms with Crippen molar-refractivity contribution in [3.63, 3.8) is 0 Å². The Morgan fingerprint density at radius 2 is 2.17 bits per heavy atom. The van der Waals surface area contributed by atoms with Gasteiger partial charge in [0, 0.05) is 30.7 Å². The van der Waals surface area contributed by atoms with E-state index in [1.807, 2.05) is 37.4 Å². The molecule has 0 unspecified atom stereocenters. The van der Waals surface area contributed by atoms with Gasteiger partial charge in [-0.15, -0.1) is 0 Å². The van der Waals surface area contributed by atoms with Gasteiger partial charge in [-0.1, -0.05) is 49.1 Å². The van der Waals surface area contributed by atoms with E-state index in [1.165, 1.54) is 12.8 Å². The van der Waals surface area contributed by atoms with Gasteiger partial charge < -0.3 is 9.67 Å². The number of allylic oxidation sites excluding steroid dienone is 8. The summed E-state index contributed by atoms with van der Waals surface area (Å²) in [5.74, 6) is 0.787. The number of carbonyl (C=O) groups is 1. The van der Waals surface area contributed by atoms with Crippen LogP contribution >= 0.6 is 0 Å². The molecule has 1 aliphatic rings. The van der Waals surface area contributed by atoms with Crippen molar-refractivity contribution in [2.45, 2.75) is 52.0 Å². The lowest BCUT2D eigenvalue weighted by Gasteiger charge is -2.07. The van der Waals surface area contributed by atoms with Gasteiger partial charge in [0.1, 0.15) is 11.3 Å². The van der Waals surface area contributed by atoms with Gasteiger partial charge in [-0.05, 0) is 50.3 Å². The molecule has 0 radical (unpaired) electrons. The van der Waals surface area contributed by atoms with E-state index >= 15 is 0 Å². The van der Waals surface area contributed by atoms with E-state index in [0.29, 0.717) is 17.9 Å². The van der Waals surface area contributed by atoms with Crippen LogP contribution in [0.2, 0.25) is 0 Å². The molecule has 0 aliphatic heterocycles. The van der Waals surface area contributed by atoms with Crippen molar-refractivity contribution in [1.29, 1.82) is 0 Å². The third-order valence-corrected chi connectivity index (χ3v) is 5.15. The standard InChI is InChI=1S/C25H29N3O2/c1-4-6-11-21(25(29)30)17-19(9-5-2)10-7-8-16-28-23(20-12-13-20)27-22-18(3)14-15-26-24(22)28/h4-7,9-11,14-15,20H,2,8,12-13,16-17H2,1,3H3,(H,29,30)/b6-4-,10-7-,19-9+,21-11+. The monoisotopic (exact) mass is 403 g/mol. The molecule has 0 amide bonds. The number of carboxylic acids is 1. The first-order chi connectivity index (χ1) is 14.5. The van der Waals surface area contributed by atoms with E-state index < -0.39 is 5.97 Å². The first kappa shape index (κ1) is 21.5. The topological polar surface area (TPSA) is 68.0 Å². The highest BCUT2D eigenvalue weighted by Gasteiger charge is 2.30. The quantitative estimate of drug-likeness (QED) is 0.411. The van der Waals surface area contributed by atoms with E-state index in [9.17, 15) is 9.90 Å². The first-order valence-electron chi connectivity index (χ1n) is 10.4. The number of aliphatic carboxylic acids is 1. The van der Waals surface area contributed by atoms with Crippen LogP contribution in [0.5, 0.6) is 0 Å². The van der Waals surface area contributed by atoms with Gasteiger partial charge in [0.25, 0.3) is 0 Å². The minimum absolute atomic E-state index is 0.349. The summed E-state index contributed by atoms with van der Waals surface area (Å²) in [6, 6.07) is 2.00. The molecule has 1 N–H and O–H groups in total. The van der Waals surface area contributed by atoms with Gasteiger partial charge in [0.15, 0.2) is 5.65 Å². The van der Waals surface area contributed by atoms with E-state index in [1.54, 1.807) is 18.2 Å². The smallest absolute Gasteiger partial charge is 0.331 e. The van der Waals surface area contributed by atoms with Crippen molar-refractivity contribution in [3.05, 3.63) is 83.9 Å². The fourth-order valence-corrected chi connectivity index (χ4v) is 3.43. The van der Waals surface area contributed by atoms with Gasteiger partial charge in [-0.25, -0.2) is 14.8 Å². The Kier molecular flexibility index (Phi) is 7.17. The number of hydrogen-bond acceptors (Lipinski definition) is 3. The number of aryl methyl sites for hydroxylation is 2. The molecular formula is C25H29N3O2. The lowest BCUT2D eigenvalue weighted by Crippen LogP contribution is -2.03. The average Bonchev–Trinajstić information content (AvgIpc) is 3.50. The molecule has 5 heteroatoms. The molecular weight excluding hydrogens is 374 g/mol. The molecule has 0 saturated heterocycles. The van der Waals surface area contributed by atoms with Gasteiger partial charge in [-0.2, -0.15) is 0 Å². The number of imidazole rings is 1. The first-order valence-corrected chi connectivity index (χ1v) is 10.4. The largest absolute Gasteiger partial charge is 0.478 e. The van der Waals surface area contributed by atoms with E-state index in [0.717, 1.165) is 41.1 Å². The molecule has 0 atom stereocenters. The highest BCUT2D eigenvalue weighted by atomic mass is 16.4. The van der Waals surface area contributed by atoms with Gasteiger partial charge in [-0.3, -0.25) is 0 Å². The van der Waals surface area contributed by atoms with Crippen molar-refractivity contribution in [2.24, 2.45) is 0 Å². The SMILES string of the molecule is C=C/C=C(\C=C/CCn1c(C2CC2)nc2c(C)ccnc21)C/C(=C\C=C/C)C(=O)O. The molecule has 3 rings (SSSR count). The molecule has 1 saturated carbocycles.